The quantitative estimate of drug-likeness (QED) is 0.542. The Morgan fingerprint density at radius 2 is 1.62 bits per heavy atom. The predicted octanol–water partition coefficient (Wildman–Crippen LogP) is 2.43. The number of tetrazole rings is 1. The van der Waals surface area contributed by atoms with Crippen LogP contribution in [0, 0.1) is 0 Å². The zero-order valence-corrected chi connectivity index (χ0v) is 11.1. The number of benzene rings is 2. The van der Waals surface area contributed by atoms with Crippen LogP contribution in [-0.2, 0) is 4.79 Å². The van der Waals surface area contributed by atoms with Crippen LogP contribution in [0.1, 0.15) is 5.56 Å². The van der Waals surface area contributed by atoms with Crippen molar-refractivity contribution < 1.29 is 4.79 Å². The summed E-state index contributed by atoms with van der Waals surface area (Å²) in [5, 5.41) is 12.4. The normalized spacial score (nSPS) is 11.3. The predicted molar refractivity (Wildman–Crippen MR) is 79.1 cm³/mol. The highest BCUT2D eigenvalue weighted by molar-refractivity contribution is 5.81. The third-order valence-corrected chi connectivity index (χ3v) is 2.96. The minimum absolute atomic E-state index is 0.517. The van der Waals surface area contributed by atoms with E-state index in [1.165, 1.54) is 10.9 Å². The van der Waals surface area contributed by atoms with Gasteiger partial charge in [-0.15, -0.1) is 15.0 Å². The molecule has 21 heavy (non-hydrogen) atoms. The van der Waals surface area contributed by atoms with Crippen LogP contribution in [0.5, 0.6) is 0 Å². The molecule has 2 aromatic carbocycles. The lowest BCUT2D eigenvalue weighted by molar-refractivity contribution is -0.104. The molecule has 0 amide bonds. The maximum atomic E-state index is 10.9. The summed E-state index contributed by atoms with van der Waals surface area (Å²) in [6.45, 7) is 0. The van der Waals surface area contributed by atoms with Gasteiger partial charge >= 0.3 is 0 Å². The summed E-state index contributed by atoms with van der Waals surface area (Å²) >= 11 is 0. The Bertz CT molecular complexity index is 763. The Kier molecular flexibility index (Phi) is 3.64. The van der Waals surface area contributed by atoms with E-state index in [0.717, 1.165) is 11.1 Å². The van der Waals surface area contributed by atoms with Crippen molar-refractivity contribution >= 4 is 12.0 Å². The molecule has 0 aliphatic carbocycles. The third-order valence-electron chi connectivity index (χ3n) is 2.96. The average Bonchev–Trinajstić information content (AvgIpc) is 3.04. The second-order valence-corrected chi connectivity index (χ2v) is 4.32. The summed E-state index contributed by atoms with van der Waals surface area (Å²) in [6.07, 6.45) is 2.14. The van der Waals surface area contributed by atoms with Crippen molar-refractivity contribution in [1.82, 2.24) is 20.2 Å². The third kappa shape index (κ3) is 2.76. The molecule has 0 saturated carbocycles. The van der Waals surface area contributed by atoms with Gasteiger partial charge in [0.25, 0.3) is 0 Å². The standard InChI is InChI=1S/C16H12N4O/c21-12-11-15(13-7-3-1-4-8-13)20-18-16(17-19-20)14-9-5-2-6-10-14/h1-12H/b15-11-. The molecular formula is C16H12N4O. The number of rotatable bonds is 4. The number of hydrogen-bond donors (Lipinski definition) is 0. The van der Waals surface area contributed by atoms with E-state index in [1.54, 1.807) is 0 Å². The molecular weight excluding hydrogens is 264 g/mol. The van der Waals surface area contributed by atoms with Crippen molar-refractivity contribution in [3.63, 3.8) is 0 Å². The van der Waals surface area contributed by atoms with Crippen molar-refractivity contribution in [2.45, 2.75) is 0 Å². The molecule has 0 saturated heterocycles. The Labute approximate surface area is 121 Å². The van der Waals surface area contributed by atoms with Crippen LogP contribution < -0.4 is 0 Å². The molecule has 1 heterocycles. The Morgan fingerprint density at radius 1 is 0.952 bits per heavy atom. The average molecular weight is 276 g/mol. The molecule has 1 aromatic heterocycles. The van der Waals surface area contributed by atoms with E-state index < -0.39 is 0 Å². The van der Waals surface area contributed by atoms with Crippen molar-refractivity contribution in [3.8, 4) is 11.4 Å². The summed E-state index contributed by atoms with van der Waals surface area (Å²) in [4.78, 5) is 12.2. The number of nitrogens with zero attached hydrogens (tertiary/aromatic N) is 4. The smallest absolute Gasteiger partial charge is 0.205 e. The van der Waals surface area contributed by atoms with Crippen LogP contribution in [-0.4, -0.2) is 26.5 Å². The summed E-state index contributed by atoms with van der Waals surface area (Å²) in [5.41, 5.74) is 2.31. The van der Waals surface area contributed by atoms with Crippen LogP contribution in [0.15, 0.2) is 66.7 Å². The number of allylic oxidation sites excluding steroid dienone is 1. The molecule has 5 heteroatoms. The van der Waals surface area contributed by atoms with Gasteiger partial charge < -0.3 is 0 Å². The van der Waals surface area contributed by atoms with Gasteiger partial charge in [-0.25, -0.2) is 0 Å². The topological polar surface area (TPSA) is 60.7 Å². The second-order valence-electron chi connectivity index (χ2n) is 4.32. The van der Waals surface area contributed by atoms with E-state index >= 15 is 0 Å². The monoisotopic (exact) mass is 276 g/mol. The summed E-state index contributed by atoms with van der Waals surface area (Å²) in [7, 11) is 0. The van der Waals surface area contributed by atoms with E-state index in [2.05, 4.69) is 15.4 Å². The summed E-state index contributed by atoms with van der Waals surface area (Å²) in [5.74, 6) is 0.517. The molecule has 0 atom stereocenters. The highest BCUT2D eigenvalue weighted by atomic mass is 16.1. The van der Waals surface area contributed by atoms with Gasteiger partial charge in [0.15, 0.2) is 0 Å². The van der Waals surface area contributed by atoms with E-state index in [-0.39, 0.29) is 0 Å². The van der Waals surface area contributed by atoms with Crippen molar-refractivity contribution in [1.29, 1.82) is 0 Å². The molecule has 0 spiro atoms. The first-order valence-corrected chi connectivity index (χ1v) is 6.45. The molecule has 0 N–H and O–H groups in total. The number of hydrogen-bond acceptors (Lipinski definition) is 4. The molecule has 102 valence electrons. The van der Waals surface area contributed by atoms with E-state index in [0.29, 0.717) is 17.8 Å². The van der Waals surface area contributed by atoms with Gasteiger partial charge in [-0.3, -0.25) is 4.79 Å². The number of carbonyl (C=O) groups is 1. The maximum absolute atomic E-state index is 10.9. The lowest BCUT2D eigenvalue weighted by Gasteiger charge is -2.03. The van der Waals surface area contributed by atoms with Crippen LogP contribution in [0.4, 0.5) is 0 Å². The SMILES string of the molecule is O=C/C=C(/c1ccccc1)n1nnc(-c2ccccc2)n1. The van der Waals surface area contributed by atoms with E-state index in [4.69, 9.17) is 0 Å². The van der Waals surface area contributed by atoms with Gasteiger partial charge in [0, 0.05) is 17.2 Å². The minimum atomic E-state index is 0.517. The fourth-order valence-corrected chi connectivity index (χ4v) is 1.97. The van der Waals surface area contributed by atoms with Crippen LogP contribution in [0.3, 0.4) is 0 Å². The van der Waals surface area contributed by atoms with Crippen molar-refractivity contribution in [2.75, 3.05) is 0 Å². The fourth-order valence-electron chi connectivity index (χ4n) is 1.97. The number of aromatic nitrogens is 4. The van der Waals surface area contributed by atoms with Gasteiger partial charge in [0.05, 0.1) is 5.70 Å². The molecule has 0 bridgehead atoms. The first-order chi connectivity index (χ1) is 10.4. The van der Waals surface area contributed by atoms with Gasteiger partial charge in [-0.05, 0) is 5.21 Å². The molecule has 0 fully saturated rings. The highest BCUT2D eigenvalue weighted by Gasteiger charge is 2.10. The summed E-state index contributed by atoms with van der Waals surface area (Å²) in [6, 6.07) is 19.0. The van der Waals surface area contributed by atoms with E-state index in [9.17, 15) is 4.79 Å². The number of carbonyl (C=O) groups excluding carboxylic acids is 1. The minimum Gasteiger partial charge on any atom is -0.298 e. The van der Waals surface area contributed by atoms with Crippen LogP contribution in [0.25, 0.3) is 17.1 Å². The largest absolute Gasteiger partial charge is 0.298 e. The van der Waals surface area contributed by atoms with E-state index in [1.807, 2.05) is 60.7 Å². The fraction of sp³-hybridized carbons (Fsp3) is 0. The zero-order chi connectivity index (χ0) is 14.5. The molecule has 5 nitrogen and oxygen atoms in total. The Balaban J connectivity index is 2.01. The van der Waals surface area contributed by atoms with Gasteiger partial charge in [-0.2, -0.15) is 0 Å². The lowest BCUT2D eigenvalue weighted by atomic mass is 10.1. The molecule has 0 aliphatic heterocycles. The molecule has 3 rings (SSSR count). The zero-order valence-electron chi connectivity index (χ0n) is 11.1. The highest BCUT2D eigenvalue weighted by Crippen LogP contribution is 2.17. The van der Waals surface area contributed by atoms with Crippen molar-refractivity contribution in [2.24, 2.45) is 0 Å². The summed E-state index contributed by atoms with van der Waals surface area (Å²) < 4.78 is 0. The first-order valence-electron chi connectivity index (χ1n) is 6.45. The molecule has 0 radical (unpaired) electrons. The molecule has 3 aromatic rings. The Hall–Kier alpha value is -3.08. The first kappa shape index (κ1) is 12.9. The van der Waals surface area contributed by atoms with Crippen LogP contribution >= 0.6 is 0 Å². The van der Waals surface area contributed by atoms with Gasteiger partial charge in [-0.1, -0.05) is 60.7 Å². The number of aldehydes is 1. The Morgan fingerprint density at radius 3 is 2.29 bits per heavy atom. The van der Waals surface area contributed by atoms with Crippen molar-refractivity contribution in [3.05, 3.63) is 72.3 Å². The molecule has 0 aliphatic rings. The maximum Gasteiger partial charge on any atom is 0.205 e. The molecule has 0 unspecified atom stereocenters. The van der Waals surface area contributed by atoms with Crippen LogP contribution in [0.2, 0.25) is 0 Å². The second kappa shape index (κ2) is 5.92. The van der Waals surface area contributed by atoms with Gasteiger partial charge in [0.1, 0.15) is 6.29 Å². The lowest BCUT2D eigenvalue weighted by Crippen LogP contribution is -2.03. The van der Waals surface area contributed by atoms with Gasteiger partial charge in [0.2, 0.25) is 5.82 Å².